The van der Waals surface area contributed by atoms with Crippen LogP contribution in [-0.4, -0.2) is 38.3 Å². The lowest BCUT2D eigenvalue weighted by Gasteiger charge is -2.04. The first-order chi connectivity index (χ1) is 8.78. The molecule has 0 unspecified atom stereocenters. The molecule has 2 N–H and O–H groups in total. The molecule has 0 aliphatic rings. The molecule has 0 radical (unpaired) electrons. The zero-order chi connectivity index (χ0) is 14.5. The van der Waals surface area contributed by atoms with Crippen LogP contribution in [0.5, 0.6) is 0 Å². The summed E-state index contributed by atoms with van der Waals surface area (Å²) in [5, 5.41) is 8.36. The number of aliphatic carboxylic acids is 1. The zero-order valence-electron chi connectivity index (χ0n) is 10.1. The maximum Gasteiger partial charge on any atom is 0.341 e. The molecule has 1 aromatic rings. The molecule has 0 saturated carbocycles. The highest BCUT2D eigenvalue weighted by atomic mass is 32.2. The second-order valence-corrected chi connectivity index (χ2v) is 5.59. The first-order valence-corrected chi connectivity index (χ1v) is 7.09. The second-order valence-electron chi connectivity index (χ2n) is 3.76. The molecule has 8 heteroatoms. The van der Waals surface area contributed by atoms with Gasteiger partial charge in [0.15, 0.2) is 6.61 Å². The predicted octanol–water partition coefficient (Wildman–Crippen LogP) is -0.0228. The topological polar surface area (TPSA) is 110 Å². The molecule has 1 aromatic carbocycles. The highest BCUT2D eigenvalue weighted by molar-refractivity contribution is 7.88. The Kier molecular flexibility index (Phi) is 5.02. The first kappa shape index (κ1) is 15.1. The van der Waals surface area contributed by atoms with Gasteiger partial charge in [0, 0.05) is 6.54 Å². The summed E-state index contributed by atoms with van der Waals surface area (Å²) >= 11 is 0. The molecule has 104 valence electrons. The van der Waals surface area contributed by atoms with Crippen LogP contribution in [0.2, 0.25) is 0 Å². The number of hydrogen-bond donors (Lipinski definition) is 2. The van der Waals surface area contributed by atoms with Gasteiger partial charge in [0.25, 0.3) is 0 Å². The van der Waals surface area contributed by atoms with E-state index in [1.807, 2.05) is 0 Å². The lowest BCUT2D eigenvalue weighted by Crippen LogP contribution is -2.21. The van der Waals surface area contributed by atoms with Crippen molar-refractivity contribution >= 4 is 22.0 Å². The van der Waals surface area contributed by atoms with E-state index in [4.69, 9.17) is 5.11 Å². The van der Waals surface area contributed by atoms with Gasteiger partial charge in [0.05, 0.1) is 11.8 Å². The summed E-state index contributed by atoms with van der Waals surface area (Å²) in [6, 6.07) is 5.97. The Morgan fingerprint density at radius 2 is 1.84 bits per heavy atom. The van der Waals surface area contributed by atoms with Crippen LogP contribution >= 0.6 is 0 Å². The van der Waals surface area contributed by atoms with Crippen LogP contribution in [0.3, 0.4) is 0 Å². The fraction of sp³-hybridized carbons (Fsp3) is 0.273. The summed E-state index contributed by atoms with van der Waals surface area (Å²) in [6.07, 6.45) is 1.05. The lowest BCUT2D eigenvalue weighted by molar-refractivity contribution is -0.140. The molecule has 0 heterocycles. The minimum Gasteiger partial charge on any atom is -0.479 e. The normalized spacial score (nSPS) is 11.0. The van der Waals surface area contributed by atoms with E-state index in [1.54, 1.807) is 12.1 Å². The standard InChI is InChI=1S/C11H13NO6S/c1-19(16,17)12-6-8-2-4-9(5-3-8)11(15)18-7-10(13)14/h2-5,12H,6-7H2,1H3,(H,13,14). The molecular formula is C11H13NO6S. The lowest BCUT2D eigenvalue weighted by atomic mass is 10.1. The second kappa shape index (κ2) is 6.30. The van der Waals surface area contributed by atoms with Crippen molar-refractivity contribution in [1.82, 2.24) is 4.72 Å². The van der Waals surface area contributed by atoms with Gasteiger partial charge in [-0.1, -0.05) is 12.1 Å². The maximum absolute atomic E-state index is 11.4. The van der Waals surface area contributed by atoms with Crippen LogP contribution in [0, 0.1) is 0 Å². The summed E-state index contributed by atoms with van der Waals surface area (Å²) < 4.78 is 28.6. The number of carboxylic acids is 1. The molecule has 0 atom stereocenters. The van der Waals surface area contributed by atoms with Crippen LogP contribution in [0.4, 0.5) is 0 Å². The van der Waals surface area contributed by atoms with E-state index in [2.05, 4.69) is 9.46 Å². The van der Waals surface area contributed by atoms with Gasteiger partial charge in [-0.25, -0.2) is 22.7 Å². The Bertz CT molecular complexity index is 563. The summed E-state index contributed by atoms with van der Waals surface area (Å²) in [5.41, 5.74) is 0.865. The summed E-state index contributed by atoms with van der Waals surface area (Å²) in [4.78, 5) is 21.6. The quantitative estimate of drug-likeness (QED) is 0.711. The van der Waals surface area contributed by atoms with Crippen molar-refractivity contribution in [3.8, 4) is 0 Å². The van der Waals surface area contributed by atoms with Gasteiger partial charge in [-0.15, -0.1) is 0 Å². The van der Waals surface area contributed by atoms with Crippen LogP contribution in [0.1, 0.15) is 15.9 Å². The van der Waals surface area contributed by atoms with Crippen molar-refractivity contribution in [1.29, 1.82) is 0 Å². The number of carboxylic acid groups (broad SMARTS) is 1. The van der Waals surface area contributed by atoms with Gasteiger partial charge in [0.1, 0.15) is 0 Å². The number of rotatable bonds is 6. The molecule has 0 aliphatic carbocycles. The Labute approximate surface area is 110 Å². The molecular weight excluding hydrogens is 274 g/mol. The van der Waals surface area contributed by atoms with Crippen LogP contribution < -0.4 is 4.72 Å². The average molecular weight is 287 g/mol. The fourth-order valence-electron chi connectivity index (χ4n) is 1.18. The molecule has 0 saturated heterocycles. The number of hydrogen-bond acceptors (Lipinski definition) is 5. The number of benzene rings is 1. The number of nitrogens with one attached hydrogen (secondary N) is 1. The highest BCUT2D eigenvalue weighted by Crippen LogP contribution is 2.06. The molecule has 7 nitrogen and oxygen atoms in total. The number of sulfonamides is 1. The molecule has 0 fully saturated rings. The Morgan fingerprint density at radius 1 is 1.26 bits per heavy atom. The van der Waals surface area contributed by atoms with Crippen molar-refractivity contribution in [2.75, 3.05) is 12.9 Å². The minimum atomic E-state index is -3.27. The molecule has 0 spiro atoms. The summed E-state index contributed by atoms with van der Waals surface area (Å²) in [5.74, 6) is -1.98. The Hall–Kier alpha value is -1.93. The summed E-state index contributed by atoms with van der Waals surface area (Å²) in [6.45, 7) is -0.584. The highest BCUT2D eigenvalue weighted by Gasteiger charge is 2.09. The van der Waals surface area contributed by atoms with E-state index in [1.165, 1.54) is 12.1 Å². The van der Waals surface area contributed by atoms with Crippen molar-refractivity contribution in [3.63, 3.8) is 0 Å². The van der Waals surface area contributed by atoms with Gasteiger partial charge >= 0.3 is 11.9 Å². The van der Waals surface area contributed by atoms with Crippen molar-refractivity contribution in [2.45, 2.75) is 6.54 Å². The SMILES string of the molecule is CS(=O)(=O)NCc1ccc(C(=O)OCC(=O)O)cc1. The third-order valence-electron chi connectivity index (χ3n) is 2.05. The minimum absolute atomic E-state index is 0.114. The largest absolute Gasteiger partial charge is 0.479 e. The number of ether oxygens (including phenoxy) is 1. The van der Waals surface area contributed by atoms with Crippen LogP contribution in [0.15, 0.2) is 24.3 Å². The number of esters is 1. The van der Waals surface area contributed by atoms with Crippen molar-refractivity contribution in [3.05, 3.63) is 35.4 Å². The summed E-state index contributed by atoms with van der Waals surface area (Å²) in [7, 11) is -3.27. The Morgan fingerprint density at radius 3 is 2.32 bits per heavy atom. The van der Waals surface area contributed by atoms with E-state index >= 15 is 0 Å². The number of carbonyl (C=O) groups is 2. The van der Waals surface area contributed by atoms with E-state index in [9.17, 15) is 18.0 Å². The Balaban J connectivity index is 2.61. The van der Waals surface area contributed by atoms with Gasteiger partial charge < -0.3 is 9.84 Å². The fourth-order valence-corrected chi connectivity index (χ4v) is 1.61. The van der Waals surface area contributed by atoms with E-state index < -0.39 is 28.6 Å². The average Bonchev–Trinajstić information content (AvgIpc) is 2.33. The monoisotopic (exact) mass is 287 g/mol. The van der Waals surface area contributed by atoms with Crippen molar-refractivity contribution in [2.24, 2.45) is 0 Å². The third-order valence-corrected chi connectivity index (χ3v) is 2.72. The van der Waals surface area contributed by atoms with Crippen molar-refractivity contribution < 1.29 is 27.9 Å². The van der Waals surface area contributed by atoms with Gasteiger partial charge in [-0.3, -0.25) is 0 Å². The third kappa shape index (κ3) is 5.98. The zero-order valence-corrected chi connectivity index (χ0v) is 10.9. The molecule has 0 amide bonds. The smallest absolute Gasteiger partial charge is 0.341 e. The molecule has 1 rings (SSSR count). The molecule has 19 heavy (non-hydrogen) atoms. The van der Waals surface area contributed by atoms with Gasteiger partial charge in [0.2, 0.25) is 10.0 Å². The molecule has 0 bridgehead atoms. The van der Waals surface area contributed by atoms with E-state index in [0.717, 1.165) is 6.26 Å². The predicted molar refractivity (Wildman–Crippen MR) is 66.0 cm³/mol. The van der Waals surface area contributed by atoms with Crippen LogP contribution in [-0.2, 0) is 26.1 Å². The first-order valence-electron chi connectivity index (χ1n) is 5.20. The number of carbonyl (C=O) groups excluding carboxylic acids is 1. The van der Waals surface area contributed by atoms with Crippen LogP contribution in [0.25, 0.3) is 0 Å². The maximum atomic E-state index is 11.4. The molecule has 0 aromatic heterocycles. The van der Waals surface area contributed by atoms with Gasteiger partial charge in [-0.05, 0) is 17.7 Å². The van der Waals surface area contributed by atoms with Gasteiger partial charge in [-0.2, -0.15) is 0 Å². The van der Waals surface area contributed by atoms with E-state index in [0.29, 0.717) is 5.56 Å². The molecule has 0 aliphatic heterocycles. The van der Waals surface area contributed by atoms with E-state index in [-0.39, 0.29) is 12.1 Å².